The zero-order chi connectivity index (χ0) is 25.2. The van der Waals surface area contributed by atoms with Gasteiger partial charge in [0.25, 0.3) is 5.91 Å². The Morgan fingerprint density at radius 1 is 1.00 bits per heavy atom. The van der Waals surface area contributed by atoms with Gasteiger partial charge in [0.15, 0.2) is 0 Å². The van der Waals surface area contributed by atoms with Crippen molar-refractivity contribution >= 4 is 18.0 Å². The van der Waals surface area contributed by atoms with E-state index in [-0.39, 0.29) is 18.9 Å². The number of ether oxygens (including phenoxy) is 1. The van der Waals surface area contributed by atoms with E-state index in [2.05, 4.69) is 5.32 Å². The number of hydrogen-bond acceptors (Lipinski definition) is 4. The van der Waals surface area contributed by atoms with Crippen molar-refractivity contribution in [3.05, 3.63) is 59.7 Å². The Bertz CT molecular complexity index is 1070. The molecule has 1 fully saturated rings. The van der Waals surface area contributed by atoms with E-state index in [0.29, 0.717) is 19.3 Å². The maximum absolute atomic E-state index is 13.6. The van der Waals surface area contributed by atoms with Crippen molar-refractivity contribution in [2.75, 3.05) is 6.61 Å². The van der Waals surface area contributed by atoms with E-state index < -0.39 is 42.1 Å². The molecule has 0 bridgehead atoms. The monoisotopic (exact) mass is 490 g/mol. The fourth-order valence-corrected chi connectivity index (χ4v) is 5.02. The molecule has 2 aromatic carbocycles. The molecule has 35 heavy (non-hydrogen) atoms. The molecule has 2 aromatic rings. The van der Waals surface area contributed by atoms with Crippen LogP contribution in [0.2, 0.25) is 0 Å². The molecule has 1 saturated carbocycles. The molecule has 1 unspecified atom stereocenters. The molecule has 0 aromatic heterocycles. The van der Waals surface area contributed by atoms with Crippen LogP contribution in [-0.4, -0.2) is 47.9 Å². The summed E-state index contributed by atoms with van der Waals surface area (Å²) >= 11 is 0. The van der Waals surface area contributed by atoms with E-state index in [9.17, 15) is 27.6 Å². The Morgan fingerprint density at radius 2 is 1.60 bits per heavy atom. The first kappa shape index (κ1) is 24.6. The number of aliphatic carboxylic acids is 1. The topological polar surface area (TPSA) is 105 Å². The van der Waals surface area contributed by atoms with Crippen molar-refractivity contribution in [3.8, 4) is 11.1 Å². The summed E-state index contributed by atoms with van der Waals surface area (Å²) in [4.78, 5) is 35.8. The number of benzene rings is 2. The largest absolute Gasteiger partial charge is 0.481 e. The van der Waals surface area contributed by atoms with Gasteiger partial charge in [0.05, 0.1) is 6.42 Å². The molecule has 4 rings (SSSR count). The summed E-state index contributed by atoms with van der Waals surface area (Å²) in [5.74, 6) is -3.32. The van der Waals surface area contributed by atoms with E-state index in [0.717, 1.165) is 22.3 Å². The number of rotatable bonds is 7. The summed E-state index contributed by atoms with van der Waals surface area (Å²) in [6, 6.07) is 11.5. The summed E-state index contributed by atoms with van der Waals surface area (Å²) in [5.41, 5.74) is 3.74. The standard InChI is InChI=1S/C25H25F3N2O5/c26-25(27,28)22(23(33)29-20-11-5-6-14(20)12-21(31)32)30-24(34)35-13-19-17-9-3-1-7-15(17)16-8-2-4-10-18(16)19/h1-4,7-10,14,19-20,22H,5-6,11-13H2,(H,29,33)(H,30,34)(H,31,32)/t14-,20+,22?/m0/s1. The second-order valence-electron chi connectivity index (χ2n) is 8.85. The predicted octanol–water partition coefficient (Wildman–Crippen LogP) is 4.22. The lowest BCUT2D eigenvalue weighted by atomic mass is 9.98. The first-order valence-corrected chi connectivity index (χ1v) is 11.4. The number of carbonyl (C=O) groups is 3. The highest BCUT2D eigenvalue weighted by molar-refractivity contribution is 5.87. The third-order valence-electron chi connectivity index (χ3n) is 6.62. The number of carboxylic acid groups (broad SMARTS) is 1. The highest BCUT2D eigenvalue weighted by atomic mass is 19.4. The van der Waals surface area contributed by atoms with Crippen LogP contribution in [-0.2, 0) is 14.3 Å². The van der Waals surface area contributed by atoms with E-state index in [1.54, 1.807) is 5.32 Å². The number of fused-ring (bicyclic) bond motifs is 3. The fourth-order valence-electron chi connectivity index (χ4n) is 5.02. The molecule has 0 heterocycles. The number of halogens is 3. The Balaban J connectivity index is 1.41. The summed E-state index contributed by atoms with van der Waals surface area (Å²) in [6.45, 7) is -0.199. The van der Waals surface area contributed by atoms with Gasteiger partial charge in [0.2, 0.25) is 6.04 Å². The van der Waals surface area contributed by atoms with Crippen molar-refractivity contribution in [2.45, 2.75) is 49.9 Å². The van der Waals surface area contributed by atoms with E-state index in [1.807, 2.05) is 48.5 Å². The minimum Gasteiger partial charge on any atom is -0.481 e. The zero-order valence-electron chi connectivity index (χ0n) is 18.7. The Hall–Kier alpha value is -3.56. The number of hydrogen-bond donors (Lipinski definition) is 3. The molecule has 0 radical (unpaired) electrons. The number of amides is 2. The van der Waals surface area contributed by atoms with Crippen molar-refractivity contribution in [1.82, 2.24) is 10.6 Å². The lowest BCUT2D eigenvalue weighted by Crippen LogP contribution is -2.57. The molecular weight excluding hydrogens is 465 g/mol. The fraction of sp³-hybridized carbons (Fsp3) is 0.400. The highest BCUT2D eigenvalue weighted by Gasteiger charge is 2.47. The van der Waals surface area contributed by atoms with Crippen LogP contribution in [0.3, 0.4) is 0 Å². The molecule has 3 atom stereocenters. The average molecular weight is 490 g/mol. The number of alkyl halides is 3. The van der Waals surface area contributed by atoms with E-state index in [4.69, 9.17) is 9.84 Å². The lowest BCUT2D eigenvalue weighted by molar-refractivity contribution is -0.168. The van der Waals surface area contributed by atoms with Crippen LogP contribution in [0.5, 0.6) is 0 Å². The summed E-state index contributed by atoms with van der Waals surface area (Å²) in [7, 11) is 0. The quantitative estimate of drug-likeness (QED) is 0.539. The summed E-state index contributed by atoms with van der Waals surface area (Å²) in [6.07, 6.45) is -5.21. The molecule has 0 aliphatic heterocycles. The summed E-state index contributed by atoms with van der Waals surface area (Å²) < 4.78 is 46.0. The van der Waals surface area contributed by atoms with Gasteiger partial charge in [-0.3, -0.25) is 9.59 Å². The van der Waals surface area contributed by atoms with Crippen LogP contribution >= 0.6 is 0 Å². The third-order valence-corrected chi connectivity index (χ3v) is 6.62. The van der Waals surface area contributed by atoms with Gasteiger partial charge in [0.1, 0.15) is 6.61 Å². The molecule has 3 N–H and O–H groups in total. The molecule has 7 nitrogen and oxygen atoms in total. The molecule has 2 aliphatic rings. The van der Waals surface area contributed by atoms with Crippen LogP contribution in [0.15, 0.2) is 48.5 Å². The first-order chi connectivity index (χ1) is 16.6. The lowest BCUT2D eigenvalue weighted by Gasteiger charge is -2.25. The second kappa shape index (κ2) is 9.97. The van der Waals surface area contributed by atoms with Gasteiger partial charge in [-0.1, -0.05) is 55.0 Å². The van der Waals surface area contributed by atoms with Crippen LogP contribution in [0, 0.1) is 5.92 Å². The van der Waals surface area contributed by atoms with Crippen molar-refractivity contribution in [1.29, 1.82) is 0 Å². The van der Waals surface area contributed by atoms with Gasteiger partial charge in [-0.15, -0.1) is 0 Å². The second-order valence-corrected chi connectivity index (χ2v) is 8.85. The molecule has 10 heteroatoms. The van der Waals surface area contributed by atoms with Crippen LogP contribution in [0.4, 0.5) is 18.0 Å². The predicted molar refractivity (Wildman–Crippen MR) is 120 cm³/mol. The van der Waals surface area contributed by atoms with Crippen molar-refractivity contribution < 1.29 is 37.4 Å². The van der Waals surface area contributed by atoms with Gasteiger partial charge in [-0.2, -0.15) is 13.2 Å². The number of alkyl carbamates (subject to hydrolysis) is 1. The van der Waals surface area contributed by atoms with Crippen LogP contribution < -0.4 is 10.6 Å². The average Bonchev–Trinajstić information content (AvgIpc) is 3.36. The Labute approximate surface area is 199 Å². The molecule has 186 valence electrons. The molecule has 0 spiro atoms. The van der Waals surface area contributed by atoms with Crippen LogP contribution in [0.1, 0.15) is 42.7 Å². The highest BCUT2D eigenvalue weighted by Crippen LogP contribution is 2.44. The van der Waals surface area contributed by atoms with Crippen molar-refractivity contribution in [2.24, 2.45) is 5.92 Å². The van der Waals surface area contributed by atoms with Gasteiger partial charge in [-0.25, -0.2) is 4.79 Å². The van der Waals surface area contributed by atoms with Crippen LogP contribution in [0.25, 0.3) is 11.1 Å². The minimum absolute atomic E-state index is 0.199. The minimum atomic E-state index is -5.06. The summed E-state index contributed by atoms with van der Waals surface area (Å²) in [5, 5.41) is 12.9. The maximum Gasteiger partial charge on any atom is 0.417 e. The first-order valence-electron chi connectivity index (χ1n) is 11.4. The number of carboxylic acids is 1. The normalized spacial score (nSPS) is 20.0. The van der Waals surface area contributed by atoms with E-state index in [1.165, 1.54) is 0 Å². The van der Waals surface area contributed by atoms with Gasteiger partial charge >= 0.3 is 18.2 Å². The Kier molecular flexibility index (Phi) is 7.00. The molecule has 2 aliphatic carbocycles. The zero-order valence-corrected chi connectivity index (χ0v) is 18.7. The number of nitrogens with one attached hydrogen (secondary N) is 2. The third kappa shape index (κ3) is 5.41. The van der Waals surface area contributed by atoms with Crippen molar-refractivity contribution in [3.63, 3.8) is 0 Å². The molecule has 0 saturated heterocycles. The van der Waals surface area contributed by atoms with Gasteiger partial charge < -0.3 is 20.5 Å². The smallest absolute Gasteiger partial charge is 0.417 e. The number of carbonyl (C=O) groups excluding carboxylic acids is 2. The Morgan fingerprint density at radius 3 is 2.17 bits per heavy atom. The van der Waals surface area contributed by atoms with Gasteiger partial charge in [0, 0.05) is 12.0 Å². The maximum atomic E-state index is 13.6. The molecule has 2 amide bonds. The SMILES string of the molecule is O=C(O)C[C@@H]1CCC[C@H]1NC(=O)C(NC(=O)OCC1c2ccccc2-c2ccccc21)C(F)(F)F. The molecular formula is C25H25F3N2O5. The van der Waals surface area contributed by atoms with E-state index >= 15 is 0 Å². The van der Waals surface area contributed by atoms with Gasteiger partial charge in [-0.05, 0) is 41.0 Å².